The topological polar surface area (TPSA) is 78.4 Å². The molecule has 1 unspecified atom stereocenters. The maximum atomic E-state index is 12.6. The van der Waals surface area contributed by atoms with Gasteiger partial charge >= 0.3 is 0 Å². The fourth-order valence-corrected chi connectivity index (χ4v) is 2.04. The number of rotatable bonds is 7. The Morgan fingerprint density at radius 1 is 1.17 bits per heavy atom. The fraction of sp³-hybridized carbons (Fsp3) is 0.529. The summed E-state index contributed by atoms with van der Waals surface area (Å²) >= 11 is 0. The Morgan fingerprint density at radius 3 is 2.21 bits per heavy atom. The molecule has 7 heteroatoms. The van der Waals surface area contributed by atoms with Gasteiger partial charge in [-0.15, -0.1) is 0 Å². The summed E-state index contributed by atoms with van der Waals surface area (Å²) in [5.74, 6) is -1.19. The normalized spacial score (nSPS) is 12.8. The van der Waals surface area contributed by atoms with Gasteiger partial charge in [-0.3, -0.25) is 9.59 Å². The minimum absolute atomic E-state index is 0.0358. The number of hydrogen-bond donors (Lipinski definition) is 3. The van der Waals surface area contributed by atoms with Crippen LogP contribution < -0.4 is 10.6 Å². The van der Waals surface area contributed by atoms with Crippen molar-refractivity contribution in [2.24, 2.45) is 0 Å². The number of alkyl halides is 2. The van der Waals surface area contributed by atoms with Crippen molar-refractivity contribution in [3.8, 4) is 0 Å². The molecule has 5 nitrogen and oxygen atoms in total. The summed E-state index contributed by atoms with van der Waals surface area (Å²) in [6, 6.07) is 5.56. The van der Waals surface area contributed by atoms with Crippen LogP contribution in [0.5, 0.6) is 0 Å². The van der Waals surface area contributed by atoms with Crippen molar-refractivity contribution >= 4 is 11.8 Å². The monoisotopic (exact) mass is 342 g/mol. The van der Waals surface area contributed by atoms with E-state index in [4.69, 9.17) is 5.11 Å². The molecule has 1 rings (SSSR count). The standard InChI is InChI=1S/C17H24F2N2O3/c1-17(2,3)12-6-4-11(5-7-12)16(24)20-10-14(23)21-13(8-9-22)15(18)19/h4-7,13,15,22H,8-10H2,1-3H3,(H,20,24)(H,21,23). The van der Waals surface area contributed by atoms with Gasteiger partial charge in [0.25, 0.3) is 12.3 Å². The minimum Gasteiger partial charge on any atom is -0.396 e. The van der Waals surface area contributed by atoms with Crippen LogP contribution in [0.15, 0.2) is 24.3 Å². The number of carbonyl (C=O) groups excluding carboxylic acids is 2. The van der Waals surface area contributed by atoms with Crippen LogP contribution in [0.25, 0.3) is 0 Å². The Balaban J connectivity index is 2.55. The van der Waals surface area contributed by atoms with Crippen LogP contribution in [0.2, 0.25) is 0 Å². The second-order valence-corrected chi connectivity index (χ2v) is 6.53. The molecule has 0 spiro atoms. The number of nitrogens with one attached hydrogen (secondary N) is 2. The Hall–Kier alpha value is -2.02. The van der Waals surface area contributed by atoms with Gasteiger partial charge in [0.2, 0.25) is 5.91 Å². The van der Waals surface area contributed by atoms with Crippen LogP contribution in [0.4, 0.5) is 8.78 Å². The van der Waals surface area contributed by atoms with E-state index < -0.39 is 37.4 Å². The quantitative estimate of drug-likeness (QED) is 0.708. The molecule has 0 aromatic heterocycles. The molecule has 2 amide bonds. The molecule has 0 bridgehead atoms. The first kappa shape index (κ1) is 20.0. The van der Waals surface area contributed by atoms with E-state index in [-0.39, 0.29) is 11.8 Å². The van der Waals surface area contributed by atoms with Gasteiger partial charge in [0.15, 0.2) is 0 Å². The molecular formula is C17H24F2N2O3. The Bertz CT molecular complexity index is 554. The van der Waals surface area contributed by atoms with Gasteiger partial charge < -0.3 is 15.7 Å². The first-order valence-corrected chi connectivity index (χ1v) is 7.72. The molecule has 0 radical (unpaired) electrons. The number of benzene rings is 1. The second kappa shape index (κ2) is 8.73. The lowest BCUT2D eigenvalue weighted by molar-refractivity contribution is -0.122. The fourth-order valence-electron chi connectivity index (χ4n) is 2.04. The molecule has 134 valence electrons. The van der Waals surface area contributed by atoms with Crippen molar-refractivity contribution in [2.45, 2.75) is 45.1 Å². The molecule has 0 saturated carbocycles. The van der Waals surface area contributed by atoms with E-state index in [1.807, 2.05) is 12.1 Å². The van der Waals surface area contributed by atoms with Gasteiger partial charge in [0, 0.05) is 12.2 Å². The SMILES string of the molecule is CC(C)(C)c1ccc(C(=O)NCC(=O)NC(CCO)C(F)F)cc1. The van der Waals surface area contributed by atoms with Crippen LogP contribution in [-0.4, -0.2) is 42.5 Å². The number of carbonyl (C=O) groups is 2. The highest BCUT2D eigenvalue weighted by Crippen LogP contribution is 2.22. The van der Waals surface area contributed by atoms with Crippen LogP contribution in [0.1, 0.15) is 43.1 Å². The smallest absolute Gasteiger partial charge is 0.258 e. The highest BCUT2D eigenvalue weighted by molar-refractivity contribution is 5.96. The lowest BCUT2D eigenvalue weighted by atomic mass is 9.87. The largest absolute Gasteiger partial charge is 0.396 e. The molecule has 24 heavy (non-hydrogen) atoms. The zero-order valence-electron chi connectivity index (χ0n) is 14.1. The summed E-state index contributed by atoms with van der Waals surface area (Å²) in [6.45, 7) is 5.30. The van der Waals surface area contributed by atoms with Crippen molar-refractivity contribution < 1.29 is 23.5 Å². The number of hydrogen-bond acceptors (Lipinski definition) is 3. The molecule has 0 fully saturated rings. The number of amides is 2. The van der Waals surface area contributed by atoms with Crippen LogP contribution in [-0.2, 0) is 10.2 Å². The van der Waals surface area contributed by atoms with Gasteiger partial charge in [-0.2, -0.15) is 0 Å². The predicted octanol–water partition coefficient (Wildman–Crippen LogP) is 1.85. The van der Waals surface area contributed by atoms with Gasteiger partial charge in [-0.1, -0.05) is 32.9 Å². The number of aliphatic hydroxyl groups is 1. The molecule has 0 aliphatic rings. The lowest BCUT2D eigenvalue weighted by Gasteiger charge is -2.19. The highest BCUT2D eigenvalue weighted by Gasteiger charge is 2.22. The van der Waals surface area contributed by atoms with Gasteiger partial charge in [0.1, 0.15) is 0 Å². The third kappa shape index (κ3) is 6.23. The van der Waals surface area contributed by atoms with Crippen molar-refractivity contribution in [3.05, 3.63) is 35.4 Å². The summed E-state index contributed by atoms with van der Waals surface area (Å²) in [7, 11) is 0. The third-order valence-corrected chi connectivity index (χ3v) is 3.51. The van der Waals surface area contributed by atoms with Gasteiger partial charge in [-0.05, 0) is 29.5 Å². The van der Waals surface area contributed by atoms with Crippen molar-refractivity contribution in [2.75, 3.05) is 13.2 Å². The van der Waals surface area contributed by atoms with Gasteiger partial charge in [0.05, 0.1) is 12.6 Å². The van der Waals surface area contributed by atoms with E-state index >= 15 is 0 Å². The first-order valence-electron chi connectivity index (χ1n) is 7.72. The molecular weight excluding hydrogens is 318 g/mol. The molecule has 1 aromatic rings. The van der Waals surface area contributed by atoms with E-state index in [1.165, 1.54) is 0 Å². The first-order chi connectivity index (χ1) is 11.1. The van der Waals surface area contributed by atoms with E-state index in [2.05, 4.69) is 31.4 Å². The summed E-state index contributed by atoms with van der Waals surface area (Å²) in [5, 5.41) is 13.2. The maximum Gasteiger partial charge on any atom is 0.258 e. The molecule has 0 aliphatic carbocycles. The van der Waals surface area contributed by atoms with E-state index in [0.29, 0.717) is 5.56 Å². The summed E-state index contributed by atoms with van der Waals surface area (Å²) < 4.78 is 25.3. The van der Waals surface area contributed by atoms with Crippen molar-refractivity contribution in [1.82, 2.24) is 10.6 Å². The van der Waals surface area contributed by atoms with E-state index in [0.717, 1.165) is 5.56 Å². The zero-order valence-corrected chi connectivity index (χ0v) is 14.1. The third-order valence-electron chi connectivity index (χ3n) is 3.51. The Kier molecular flexibility index (Phi) is 7.28. The molecule has 0 aliphatic heterocycles. The average Bonchev–Trinajstić information content (AvgIpc) is 2.51. The van der Waals surface area contributed by atoms with Crippen molar-refractivity contribution in [1.29, 1.82) is 0 Å². The number of halogens is 2. The number of aliphatic hydroxyl groups excluding tert-OH is 1. The summed E-state index contributed by atoms with van der Waals surface area (Å²) in [4.78, 5) is 23.6. The molecule has 0 heterocycles. The molecule has 0 saturated heterocycles. The Labute approximate surface area is 140 Å². The van der Waals surface area contributed by atoms with E-state index in [1.54, 1.807) is 12.1 Å². The van der Waals surface area contributed by atoms with E-state index in [9.17, 15) is 18.4 Å². The van der Waals surface area contributed by atoms with Crippen LogP contribution in [0, 0.1) is 0 Å². The molecule has 1 aromatic carbocycles. The van der Waals surface area contributed by atoms with Crippen LogP contribution >= 0.6 is 0 Å². The van der Waals surface area contributed by atoms with Crippen molar-refractivity contribution in [3.63, 3.8) is 0 Å². The molecule has 3 N–H and O–H groups in total. The zero-order chi connectivity index (χ0) is 18.3. The average molecular weight is 342 g/mol. The van der Waals surface area contributed by atoms with Crippen LogP contribution in [0.3, 0.4) is 0 Å². The second-order valence-electron chi connectivity index (χ2n) is 6.53. The minimum atomic E-state index is -2.78. The molecule has 1 atom stereocenters. The van der Waals surface area contributed by atoms with Gasteiger partial charge in [-0.25, -0.2) is 8.78 Å². The summed E-state index contributed by atoms with van der Waals surface area (Å²) in [6.07, 6.45) is -3.02. The maximum absolute atomic E-state index is 12.6. The highest BCUT2D eigenvalue weighted by atomic mass is 19.3. The predicted molar refractivity (Wildman–Crippen MR) is 87.1 cm³/mol. The Morgan fingerprint density at radius 2 is 1.75 bits per heavy atom. The summed E-state index contributed by atoms with van der Waals surface area (Å²) in [5.41, 5.74) is 1.42. The lowest BCUT2D eigenvalue weighted by Crippen LogP contribution is -2.45.